The highest BCUT2D eigenvalue weighted by Crippen LogP contribution is 2.47. The molecule has 1 aliphatic heterocycles. The van der Waals surface area contributed by atoms with Gasteiger partial charge < -0.3 is 0 Å². The van der Waals surface area contributed by atoms with E-state index in [-0.39, 0.29) is 0 Å². The van der Waals surface area contributed by atoms with E-state index in [4.69, 9.17) is 0 Å². The van der Waals surface area contributed by atoms with Crippen LogP contribution in [-0.2, 0) is 24.7 Å². The van der Waals surface area contributed by atoms with E-state index in [0.717, 1.165) is 12.1 Å². The van der Waals surface area contributed by atoms with Crippen LogP contribution >= 0.6 is 0 Å². The maximum Gasteiger partial charge on any atom is 0.430 e. The molecule has 0 amide bonds. The van der Waals surface area contributed by atoms with Crippen LogP contribution in [0.4, 0.5) is 13.2 Å². The molecule has 1 heterocycles. The number of rotatable bonds is 1. The van der Waals surface area contributed by atoms with Crippen molar-refractivity contribution in [3.05, 3.63) is 35.9 Å². The molecule has 1 atom stereocenters. The number of carbonyl (C=O) groups is 1. The third-order valence-corrected chi connectivity index (χ3v) is 3.65. The fraction of sp³-hybridized carbons (Fsp3) is 0.300. The second-order valence-electron chi connectivity index (χ2n) is 3.75. The van der Waals surface area contributed by atoms with E-state index in [1.807, 2.05) is 0 Å². The van der Waals surface area contributed by atoms with Crippen molar-refractivity contribution in [3.63, 3.8) is 0 Å². The maximum absolute atomic E-state index is 13.1. The zero-order valence-electron chi connectivity index (χ0n) is 8.77. The van der Waals surface area contributed by atoms with Crippen LogP contribution in [0.1, 0.15) is 5.56 Å². The average molecular weight is 280 g/mol. The quantitative estimate of drug-likeness (QED) is 0.729. The Morgan fingerprint density at radius 2 is 1.72 bits per heavy atom. The van der Waals surface area contributed by atoms with E-state index < -0.39 is 39.0 Å². The van der Waals surface area contributed by atoms with Gasteiger partial charge in [-0.25, -0.2) is 4.18 Å². The summed E-state index contributed by atoms with van der Waals surface area (Å²) in [6.07, 6.45) is -5.14. The molecule has 1 fully saturated rings. The van der Waals surface area contributed by atoms with Gasteiger partial charge in [0.25, 0.3) is 15.7 Å². The molecule has 0 aromatic heterocycles. The standard InChI is InChI=1S/C10H7F3O4S/c11-10(12,13)9(7-4-2-1-3-5-7)8(14)6-18(15,16)17-9/h1-5H,6H2. The summed E-state index contributed by atoms with van der Waals surface area (Å²) in [7, 11) is -4.50. The second-order valence-corrected chi connectivity index (χ2v) is 5.32. The molecule has 0 spiro atoms. The Morgan fingerprint density at radius 1 is 1.17 bits per heavy atom. The highest BCUT2D eigenvalue weighted by Gasteiger charge is 2.69. The van der Waals surface area contributed by atoms with E-state index >= 15 is 0 Å². The summed E-state index contributed by atoms with van der Waals surface area (Å²) in [6.45, 7) is 0. The molecule has 8 heteroatoms. The molecule has 18 heavy (non-hydrogen) atoms. The summed E-state index contributed by atoms with van der Waals surface area (Å²) in [6, 6.07) is 5.99. The van der Waals surface area contributed by atoms with Crippen LogP contribution in [-0.4, -0.2) is 26.1 Å². The molecule has 0 radical (unpaired) electrons. The van der Waals surface area contributed by atoms with Gasteiger partial charge in [0, 0.05) is 5.56 Å². The van der Waals surface area contributed by atoms with Crippen LogP contribution in [0.2, 0.25) is 0 Å². The first kappa shape index (κ1) is 13.0. The van der Waals surface area contributed by atoms with Crippen molar-refractivity contribution < 1.29 is 30.6 Å². The maximum atomic E-state index is 13.1. The third kappa shape index (κ3) is 1.81. The van der Waals surface area contributed by atoms with Crippen molar-refractivity contribution in [3.8, 4) is 0 Å². The Bertz CT molecular complexity index is 579. The topological polar surface area (TPSA) is 60.4 Å². The summed E-state index contributed by atoms with van der Waals surface area (Å²) in [5.41, 5.74) is -3.95. The summed E-state index contributed by atoms with van der Waals surface area (Å²) in [5, 5.41) is 0. The van der Waals surface area contributed by atoms with E-state index in [9.17, 15) is 26.4 Å². The van der Waals surface area contributed by atoms with Gasteiger partial charge in [0.2, 0.25) is 0 Å². The molecule has 0 saturated carbocycles. The predicted octanol–water partition coefficient (Wildman–Crippen LogP) is 1.37. The molecule has 1 saturated heterocycles. The Hall–Kier alpha value is -1.41. The lowest BCUT2D eigenvalue weighted by molar-refractivity contribution is -0.239. The van der Waals surface area contributed by atoms with Gasteiger partial charge in [-0.2, -0.15) is 21.6 Å². The number of carbonyl (C=O) groups excluding carboxylic acids is 1. The van der Waals surface area contributed by atoms with Crippen LogP contribution in [0, 0.1) is 0 Å². The first-order valence-electron chi connectivity index (χ1n) is 4.78. The third-order valence-electron chi connectivity index (χ3n) is 2.53. The summed E-state index contributed by atoms with van der Waals surface area (Å²) in [5.74, 6) is -2.80. The van der Waals surface area contributed by atoms with E-state index in [1.165, 1.54) is 18.2 Å². The first-order chi connectivity index (χ1) is 8.19. The predicted molar refractivity (Wildman–Crippen MR) is 54.1 cm³/mol. The molecule has 1 aromatic carbocycles. The number of Topliss-reactive ketones (excluding diaryl/α,β-unsaturated/α-hetero) is 1. The Balaban J connectivity index is 2.69. The fourth-order valence-corrected chi connectivity index (χ4v) is 3.03. The van der Waals surface area contributed by atoms with Crippen molar-refractivity contribution in [2.24, 2.45) is 0 Å². The van der Waals surface area contributed by atoms with Gasteiger partial charge in [0.1, 0.15) is 5.75 Å². The van der Waals surface area contributed by atoms with Crippen molar-refractivity contribution in [2.45, 2.75) is 11.8 Å². The Labute approximate surface area is 100 Å². The van der Waals surface area contributed by atoms with Crippen molar-refractivity contribution in [2.75, 3.05) is 5.75 Å². The molecule has 1 aromatic rings. The van der Waals surface area contributed by atoms with Crippen molar-refractivity contribution in [1.82, 2.24) is 0 Å². The minimum atomic E-state index is -5.14. The summed E-state index contributed by atoms with van der Waals surface area (Å²) in [4.78, 5) is 11.5. The monoisotopic (exact) mass is 280 g/mol. The number of halogens is 3. The summed E-state index contributed by atoms with van der Waals surface area (Å²) < 4.78 is 65.6. The first-order valence-corrected chi connectivity index (χ1v) is 6.36. The molecule has 0 N–H and O–H groups in total. The number of alkyl halides is 3. The van der Waals surface area contributed by atoms with Gasteiger partial charge in [-0.05, 0) is 0 Å². The zero-order valence-corrected chi connectivity index (χ0v) is 9.59. The van der Waals surface area contributed by atoms with Crippen LogP contribution in [0.25, 0.3) is 0 Å². The number of hydrogen-bond acceptors (Lipinski definition) is 4. The summed E-state index contributed by atoms with van der Waals surface area (Å²) >= 11 is 0. The van der Waals surface area contributed by atoms with Gasteiger partial charge in [0.05, 0.1) is 0 Å². The number of hydrogen-bond donors (Lipinski definition) is 0. The smallest absolute Gasteiger partial charge is 0.294 e. The average Bonchev–Trinajstić information content (AvgIpc) is 2.50. The van der Waals surface area contributed by atoms with Gasteiger partial charge >= 0.3 is 6.18 Å². The van der Waals surface area contributed by atoms with Crippen molar-refractivity contribution in [1.29, 1.82) is 0 Å². The van der Waals surface area contributed by atoms with Gasteiger partial charge in [-0.3, -0.25) is 4.79 Å². The van der Waals surface area contributed by atoms with Crippen molar-refractivity contribution >= 4 is 15.9 Å². The molecule has 4 nitrogen and oxygen atoms in total. The lowest BCUT2D eigenvalue weighted by atomic mass is 9.89. The fourth-order valence-electron chi connectivity index (χ4n) is 1.78. The van der Waals surface area contributed by atoms with Gasteiger partial charge in [0.15, 0.2) is 5.78 Å². The lowest BCUT2D eigenvalue weighted by Crippen LogP contribution is -2.48. The highest BCUT2D eigenvalue weighted by atomic mass is 32.2. The van der Waals surface area contributed by atoms with Gasteiger partial charge in [-0.1, -0.05) is 30.3 Å². The second kappa shape index (κ2) is 3.79. The Kier molecular flexibility index (Phi) is 2.74. The minimum absolute atomic E-state index is 0.538. The number of ketones is 1. The Morgan fingerprint density at radius 3 is 2.11 bits per heavy atom. The van der Waals surface area contributed by atoms with Crippen LogP contribution in [0.15, 0.2) is 30.3 Å². The zero-order chi connectivity index (χ0) is 13.6. The molecular weight excluding hydrogens is 273 g/mol. The minimum Gasteiger partial charge on any atom is -0.294 e. The van der Waals surface area contributed by atoms with Crippen LogP contribution in [0.5, 0.6) is 0 Å². The highest BCUT2D eigenvalue weighted by molar-refractivity contribution is 7.88. The van der Waals surface area contributed by atoms with E-state index in [0.29, 0.717) is 0 Å². The normalized spacial score (nSPS) is 27.4. The molecule has 1 unspecified atom stereocenters. The number of benzene rings is 1. The molecule has 98 valence electrons. The van der Waals surface area contributed by atoms with Crippen LogP contribution in [0.3, 0.4) is 0 Å². The van der Waals surface area contributed by atoms with E-state index in [1.54, 1.807) is 0 Å². The largest absolute Gasteiger partial charge is 0.430 e. The molecule has 1 aliphatic rings. The molecule has 2 rings (SSSR count). The molecule has 0 aliphatic carbocycles. The lowest BCUT2D eigenvalue weighted by Gasteiger charge is -2.27. The van der Waals surface area contributed by atoms with E-state index in [2.05, 4.69) is 4.18 Å². The molecular formula is C10H7F3O4S. The molecule has 0 bridgehead atoms. The SMILES string of the molecule is O=C1CS(=O)(=O)OC1(c1ccccc1)C(F)(F)F. The van der Waals surface area contributed by atoms with Crippen LogP contribution < -0.4 is 0 Å². The van der Waals surface area contributed by atoms with Gasteiger partial charge in [-0.15, -0.1) is 0 Å².